The molecule has 0 spiro atoms. The van der Waals surface area contributed by atoms with Gasteiger partial charge in [0.15, 0.2) is 0 Å². The van der Waals surface area contributed by atoms with Crippen LogP contribution in [-0.4, -0.2) is 12.6 Å². The predicted octanol–water partition coefficient (Wildman–Crippen LogP) is 3.69. The average molecular weight is 211 g/mol. The molecule has 1 aliphatic carbocycles. The molecular weight excluding hydrogens is 182 g/mol. The van der Waals surface area contributed by atoms with Crippen LogP contribution in [0.25, 0.3) is 0 Å². The van der Waals surface area contributed by atoms with Gasteiger partial charge in [0.1, 0.15) is 0 Å². The lowest BCUT2D eigenvalue weighted by Crippen LogP contribution is -2.41. The summed E-state index contributed by atoms with van der Waals surface area (Å²) < 4.78 is 0. The van der Waals surface area contributed by atoms with Gasteiger partial charge in [0.25, 0.3) is 0 Å². The minimum atomic E-state index is 0.773. The summed E-state index contributed by atoms with van der Waals surface area (Å²) in [7, 11) is 0. The molecule has 1 aliphatic rings. The maximum Gasteiger partial charge on any atom is 0.00953 e. The Hall–Kier alpha value is -0.0400. The van der Waals surface area contributed by atoms with Crippen molar-refractivity contribution in [2.24, 2.45) is 23.7 Å². The van der Waals surface area contributed by atoms with Crippen LogP contribution in [0.2, 0.25) is 0 Å². The van der Waals surface area contributed by atoms with Crippen LogP contribution in [-0.2, 0) is 0 Å². The van der Waals surface area contributed by atoms with Crippen LogP contribution >= 0.6 is 0 Å². The van der Waals surface area contributed by atoms with E-state index >= 15 is 0 Å². The van der Waals surface area contributed by atoms with Crippen LogP contribution in [0.4, 0.5) is 0 Å². The molecule has 0 aliphatic heterocycles. The van der Waals surface area contributed by atoms with Gasteiger partial charge in [0, 0.05) is 6.04 Å². The molecule has 1 N–H and O–H groups in total. The van der Waals surface area contributed by atoms with Crippen LogP contribution in [0, 0.1) is 23.7 Å². The summed E-state index contributed by atoms with van der Waals surface area (Å²) in [5, 5.41) is 3.78. The molecule has 0 bridgehead atoms. The van der Waals surface area contributed by atoms with Gasteiger partial charge in [-0.3, -0.25) is 0 Å². The predicted molar refractivity (Wildman–Crippen MR) is 68.0 cm³/mol. The Labute approximate surface area is 96.0 Å². The highest BCUT2D eigenvalue weighted by Crippen LogP contribution is 2.28. The van der Waals surface area contributed by atoms with Gasteiger partial charge >= 0.3 is 0 Å². The molecule has 0 aromatic carbocycles. The molecule has 4 unspecified atom stereocenters. The molecule has 0 aromatic rings. The van der Waals surface area contributed by atoms with Crippen LogP contribution in [0.15, 0.2) is 0 Å². The van der Waals surface area contributed by atoms with E-state index in [0.29, 0.717) is 0 Å². The second-order valence-corrected chi connectivity index (χ2v) is 6.13. The van der Waals surface area contributed by atoms with Gasteiger partial charge in [-0.25, -0.2) is 0 Å². The molecule has 0 amide bonds. The zero-order valence-electron chi connectivity index (χ0n) is 11.2. The molecule has 4 atom stereocenters. The topological polar surface area (TPSA) is 12.0 Å². The average Bonchev–Trinajstić information content (AvgIpc) is 2.18. The first-order chi connectivity index (χ1) is 7.00. The lowest BCUT2D eigenvalue weighted by atomic mass is 9.80. The number of nitrogens with one attached hydrogen (secondary N) is 1. The molecule has 15 heavy (non-hydrogen) atoms. The smallest absolute Gasteiger partial charge is 0.00953 e. The van der Waals surface area contributed by atoms with Crippen molar-refractivity contribution < 1.29 is 0 Å². The van der Waals surface area contributed by atoms with E-state index in [9.17, 15) is 0 Å². The fraction of sp³-hybridized carbons (Fsp3) is 1.00. The lowest BCUT2D eigenvalue weighted by molar-refractivity contribution is 0.216. The molecule has 1 nitrogen and oxygen atoms in total. The standard InChI is InChI=1S/C14H29N/c1-10(2)13(5)9-15-14-8-11(3)6-7-12(14)4/h10-15H,6-9H2,1-5H3. The number of rotatable bonds is 4. The van der Waals surface area contributed by atoms with Gasteiger partial charge in [0.05, 0.1) is 0 Å². The Morgan fingerprint density at radius 1 is 1.13 bits per heavy atom. The van der Waals surface area contributed by atoms with Crippen LogP contribution in [0.5, 0.6) is 0 Å². The maximum absolute atomic E-state index is 3.78. The van der Waals surface area contributed by atoms with E-state index in [0.717, 1.165) is 29.7 Å². The highest BCUT2D eigenvalue weighted by atomic mass is 14.9. The fourth-order valence-corrected chi connectivity index (χ4v) is 2.39. The van der Waals surface area contributed by atoms with E-state index in [1.807, 2.05) is 0 Å². The Bertz CT molecular complexity index is 176. The molecule has 0 radical (unpaired) electrons. The van der Waals surface area contributed by atoms with Gasteiger partial charge in [0.2, 0.25) is 0 Å². The van der Waals surface area contributed by atoms with Crippen molar-refractivity contribution in [2.75, 3.05) is 6.54 Å². The first-order valence-corrected chi connectivity index (χ1v) is 6.74. The monoisotopic (exact) mass is 211 g/mol. The van der Waals surface area contributed by atoms with Gasteiger partial charge in [-0.2, -0.15) is 0 Å². The van der Waals surface area contributed by atoms with Crippen molar-refractivity contribution in [1.29, 1.82) is 0 Å². The molecule has 1 fully saturated rings. The molecule has 0 aromatic heterocycles. The van der Waals surface area contributed by atoms with Crippen LogP contribution in [0.3, 0.4) is 0 Å². The van der Waals surface area contributed by atoms with Gasteiger partial charge < -0.3 is 5.32 Å². The molecular formula is C14H29N. The molecule has 0 saturated heterocycles. The zero-order valence-corrected chi connectivity index (χ0v) is 11.2. The van der Waals surface area contributed by atoms with E-state index in [-0.39, 0.29) is 0 Å². The lowest BCUT2D eigenvalue weighted by Gasteiger charge is -2.34. The summed E-state index contributed by atoms with van der Waals surface area (Å²) in [6.45, 7) is 13.0. The molecule has 90 valence electrons. The molecule has 1 heteroatoms. The first-order valence-electron chi connectivity index (χ1n) is 6.74. The van der Waals surface area contributed by atoms with Crippen molar-refractivity contribution >= 4 is 0 Å². The minimum Gasteiger partial charge on any atom is -0.313 e. The SMILES string of the molecule is CC1CCC(C)C(NCC(C)C(C)C)C1. The Morgan fingerprint density at radius 2 is 1.80 bits per heavy atom. The summed E-state index contributed by atoms with van der Waals surface area (Å²) in [6, 6.07) is 0.773. The summed E-state index contributed by atoms with van der Waals surface area (Å²) in [6.07, 6.45) is 4.22. The summed E-state index contributed by atoms with van der Waals surface area (Å²) in [5.74, 6) is 3.40. The van der Waals surface area contributed by atoms with E-state index in [2.05, 4.69) is 39.9 Å². The van der Waals surface area contributed by atoms with Crippen molar-refractivity contribution in [3.8, 4) is 0 Å². The maximum atomic E-state index is 3.78. The third-order valence-corrected chi connectivity index (χ3v) is 4.30. The number of hydrogen-bond acceptors (Lipinski definition) is 1. The fourth-order valence-electron chi connectivity index (χ4n) is 2.39. The van der Waals surface area contributed by atoms with Gasteiger partial charge in [-0.15, -0.1) is 0 Å². The van der Waals surface area contributed by atoms with Crippen molar-refractivity contribution in [3.63, 3.8) is 0 Å². The van der Waals surface area contributed by atoms with Crippen molar-refractivity contribution in [3.05, 3.63) is 0 Å². The first kappa shape index (κ1) is 13.0. The Kier molecular flexibility index (Phi) is 5.11. The third-order valence-electron chi connectivity index (χ3n) is 4.30. The normalized spacial score (nSPS) is 34.4. The van der Waals surface area contributed by atoms with E-state index in [1.165, 1.54) is 25.8 Å². The highest BCUT2D eigenvalue weighted by molar-refractivity contribution is 4.81. The summed E-state index contributed by atoms with van der Waals surface area (Å²) in [4.78, 5) is 0. The van der Waals surface area contributed by atoms with Gasteiger partial charge in [-0.05, 0) is 43.1 Å². The summed E-state index contributed by atoms with van der Waals surface area (Å²) in [5.41, 5.74) is 0. The minimum absolute atomic E-state index is 0.773. The second-order valence-electron chi connectivity index (χ2n) is 6.13. The second kappa shape index (κ2) is 5.89. The van der Waals surface area contributed by atoms with Crippen LogP contribution < -0.4 is 5.32 Å². The summed E-state index contributed by atoms with van der Waals surface area (Å²) >= 11 is 0. The molecule has 1 saturated carbocycles. The van der Waals surface area contributed by atoms with Crippen molar-refractivity contribution in [2.45, 2.75) is 59.9 Å². The third kappa shape index (κ3) is 4.14. The van der Waals surface area contributed by atoms with Crippen LogP contribution in [0.1, 0.15) is 53.9 Å². The zero-order chi connectivity index (χ0) is 11.4. The van der Waals surface area contributed by atoms with E-state index in [1.54, 1.807) is 0 Å². The molecule has 0 heterocycles. The van der Waals surface area contributed by atoms with E-state index in [4.69, 9.17) is 0 Å². The Morgan fingerprint density at radius 3 is 2.40 bits per heavy atom. The van der Waals surface area contributed by atoms with E-state index < -0.39 is 0 Å². The number of hydrogen-bond donors (Lipinski definition) is 1. The largest absolute Gasteiger partial charge is 0.313 e. The highest BCUT2D eigenvalue weighted by Gasteiger charge is 2.25. The molecule has 1 rings (SSSR count). The quantitative estimate of drug-likeness (QED) is 0.748. The van der Waals surface area contributed by atoms with Gasteiger partial charge in [-0.1, -0.05) is 41.0 Å². The Balaban J connectivity index is 2.30. The van der Waals surface area contributed by atoms with Crippen molar-refractivity contribution in [1.82, 2.24) is 5.32 Å².